The van der Waals surface area contributed by atoms with Crippen LogP contribution in [0, 0.1) is 24.0 Å². The highest BCUT2D eigenvalue weighted by molar-refractivity contribution is 6.07. The maximum Gasteiger partial charge on any atom is 0.278 e. The van der Waals surface area contributed by atoms with Crippen LogP contribution < -0.4 is 0 Å². The lowest BCUT2D eigenvalue weighted by atomic mass is 10.0. The van der Waals surface area contributed by atoms with E-state index in [-0.39, 0.29) is 5.69 Å². The summed E-state index contributed by atoms with van der Waals surface area (Å²) >= 11 is 0. The first kappa shape index (κ1) is 14.0. The highest BCUT2D eigenvalue weighted by Gasteiger charge is 2.21. The number of aromatic amines is 1. The van der Waals surface area contributed by atoms with E-state index in [1.165, 1.54) is 6.07 Å². The van der Waals surface area contributed by atoms with Crippen LogP contribution in [0.25, 0.3) is 22.2 Å². The summed E-state index contributed by atoms with van der Waals surface area (Å²) in [6, 6.07) is 10.3. The van der Waals surface area contributed by atoms with Gasteiger partial charge in [0.15, 0.2) is 6.29 Å². The molecule has 0 aliphatic rings. The third-order valence-electron chi connectivity index (χ3n) is 3.90. The molecule has 1 N–H and O–H groups in total. The number of rotatable bonds is 3. The minimum atomic E-state index is -0.435. The quantitative estimate of drug-likeness (QED) is 0.447. The summed E-state index contributed by atoms with van der Waals surface area (Å²) in [6.07, 6.45) is 0.761. The Hall–Kier alpha value is -2.95. The van der Waals surface area contributed by atoms with E-state index in [4.69, 9.17) is 0 Å². The van der Waals surface area contributed by atoms with Crippen molar-refractivity contribution < 1.29 is 9.72 Å². The molecule has 0 fully saturated rings. The summed E-state index contributed by atoms with van der Waals surface area (Å²) in [5.74, 6) is 0. The smallest absolute Gasteiger partial charge is 0.278 e. The van der Waals surface area contributed by atoms with Gasteiger partial charge in [0.2, 0.25) is 0 Å². The largest absolute Gasteiger partial charge is 0.353 e. The van der Waals surface area contributed by atoms with Crippen molar-refractivity contribution in [1.82, 2.24) is 4.98 Å². The third kappa shape index (κ3) is 1.98. The highest BCUT2D eigenvalue weighted by atomic mass is 16.6. The normalized spacial score (nSPS) is 10.8. The van der Waals surface area contributed by atoms with Crippen LogP contribution in [0.5, 0.6) is 0 Å². The van der Waals surface area contributed by atoms with Crippen molar-refractivity contribution in [2.75, 3.05) is 0 Å². The number of para-hydroxylation sites is 1. The zero-order valence-corrected chi connectivity index (χ0v) is 12.2. The van der Waals surface area contributed by atoms with Crippen LogP contribution in [-0.2, 0) is 0 Å². The predicted molar refractivity (Wildman–Crippen MR) is 85.3 cm³/mol. The molecule has 0 amide bonds. The average molecular weight is 294 g/mol. The van der Waals surface area contributed by atoms with E-state index in [1.54, 1.807) is 18.2 Å². The summed E-state index contributed by atoms with van der Waals surface area (Å²) in [5.41, 5.74) is 4.16. The molecular weight excluding hydrogens is 280 g/mol. The first-order valence-electron chi connectivity index (χ1n) is 6.85. The van der Waals surface area contributed by atoms with E-state index in [1.807, 2.05) is 26.0 Å². The van der Waals surface area contributed by atoms with Gasteiger partial charge >= 0.3 is 0 Å². The summed E-state index contributed by atoms with van der Waals surface area (Å²) in [5, 5.41) is 12.1. The third-order valence-corrected chi connectivity index (χ3v) is 3.90. The Labute approximate surface area is 126 Å². The van der Waals surface area contributed by atoms with Crippen LogP contribution >= 0.6 is 0 Å². The molecule has 0 unspecified atom stereocenters. The molecule has 1 aromatic heterocycles. The maximum atomic E-state index is 11.6. The van der Waals surface area contributed by atoms with Gasteiger partial charge in [0, 0.05) is 22.5 Å². The fourth-order valence-corrected chi connectivity index (χ4v) is 2.81. The van der Waals surface area contributed by atoms with Crippen LogP contribution in [0.3, 0.4) is 0 Å². The number of benzene rings is 2. The summed E-state index contributed by atoms with van der Waals surface area (Å²) in [7, 11) is 0. The molecule has 0 aliphatic carbocycles. The number of H-pyrrole nitrogens is 1. The topological polar surface area (TPSA) is 76.0 Å². The summed E-state index contributed by atoms with van der Waals surface area (Å²) in [4.78, 5) is 25.6. The van der Waals surface area contributed by atoms with Gasteiger partial charge in [-0.05, 0) is 31.0 Å². The second-order valence-electron chi connectivity index (χ2n) is 5.26. The lowest BCUT2D eigenvalue weighted by Crippen LogP contribution is -1.93. The number of nitrogens with one attached hydrogen (secondary N) is 1. The molecule has 0 atom stereocenters. The number of carbonyl (C=O) groups excluding carboxylic acids is 1. The molecule has 3 rings (SSSR count). The van der Waals surface area contributed by atoms with Gasteiger partial charge in [-0.15, -0.1) is 0 Å². The Morgan fingerprint density at radius 1 is 1.09 bits per heavy atom. The Kier molecular flexibility index (Phi) is 3.25. The fraction of sp³-hybridized carbons (Fsp3) is 0.118. The molecule has 0 bridgehead atoms. The Morgan fingerprint density at radius 3 is 2.45 bits per heavy atom. The molecule has 22 heavy (non-hydrogen) atoms. The number of aryl methyl sites for hydroxylation is 2. The van der Waals surface area contributed by atoms with Gasteiger partial charge in [-0.25, -0.2) is 0 Å². The molecule has 0 radical (unpaired) electrons. The number of nitrogens with zero attached hydrogens (tertiary/aromatic N) is 1. The summed E-state index contributed by atoms with van der Waals surface area (Å²) < 4.78 is 0. The number of nitro benzene ring substituents is 1. The summed E-state index contributed by atoms with van der Waals surface area (Å²) in [6.45, 7) is 3.86. The second kappa shape index (κ2) is 5.11. The molecule has 0 spiro atoms. The molecule has 0 aliphatic heterocycles. The number of fused-ring (bicyclic) bond motifs is 1. The van der Waals surface area contributed by atoms with E-state index >= 15 is 0 Å². The molecular formula is C17H14N2O3. The minimum Gasteiger partial charge on any atom is -0.353 e. The van der Waals surface area contributed by atoms with Crippen molar-refractivity contribution in [1.29, 1.82) is 0 Å². The van der Waals surface area contributed by atoms with Gasteiger partial charge in [0.1, 0.15) is 0 Å². The van der Waals surface area contributed by atoms with Gasteiger partial charge in [-0.3, -0.25) is 14.9 Å². The van der Waals surface area contributed by atoms with Crippen LogP contribution in [0.1, 0.15) is 21.5 Å². The first-order chi connectivity index (χ1) is 10.5. The first-order valence-corrected chi connectivity index (χ1v) is 6.85. The highest BCUT2D eigenvalue weighted by Crippen LogP contribution is 2.36. The Morgan fingerprint density at radius 2 is 1.77 bits per heavy atom. The Bertz CT molecular complexity index is 910. The van der Waals surface area contributed by atoms with Crippen molar-refractivity contribution in [3.63, 3.8) is 0 Å². The lowest BCUT2D eigenvalue weighted by molar-refractivity contribution is -0.384. The zero-order valence-electron chi connectivity index (χ0n) is 12.2. The second-order valence-corrected chi connectivity index (χ2v) is 5.26. The van der Waals surface area contributed by atoms with E-state index in [0.717, 1.165) is 28.3 Å². The van der Waals surface area contributed by atoms with Crippen molar-refractivity contribution in [3.05, 3.63) is 63.2 Å². The molecule has 5 heteroatoms. The van der Waals surface area contributed by atoms with Crippen LogP contribution in [0.2, 0.25) is 0 Å². The molecule has 0 saturated carbocycles. The lowest BCUT2D eigenvalue weighted by Gasteiger charge is -2.02. The number of carbonyl (C=O) groups is 1. The fourth-order valence-electron chi connectivity index (χ4n) is 2.81. The van der Waals surface area contributed by atoms with E-state index < -0.39 is 4.92 Å². The van der Waals surface area contributed by atoms with Crippen LogP contribution in [-0.4, -0.2) is 16.2 Å². The van der Waals surface area contributed by atoms with E-state index in [2.05, 4.69) is 4.98 Å². The standard InChI is InChI=1S/C17H14N2O3/c1-10-7-8-11(2)16-15(10)13(9-20)17(18-16)12-5-3-4-6-14(12)19(21)22/h3-9,18H,1-2H3. The minimum absolute atomic E-state index is 0.0209. The van der Waals surface area contributed by atoms with Crippen LogP contribution in [0.15, 0.2) is 36.4 Å². The van der Waals surface area contributed by atoms with Gasteiger partial charge in [0.25, 0.3) is 5.69 Å². The zero-order chi connectivity index (χ0) is 15.9. The van der Waals surface area contributed by atoms with Gasteiger partial charge in [-0.2, -0.15) is 0 Å². The number of hydrogen-bond donors (Lipinski definition) is 1. The van der Waals surface area contributed by atoms with Gasteiger partial charge in [-0.1, -0.05) is 24.3 Å². The van der Waals surface area contributed by atoms with Crippen molar-refractivity contribution in [2.24, 2.45) is 0 Å². The van der Waals surface area contributed by atoms with E-state index in [9.17, 15) is 14.9 Å². The molecule has 3 aromatic rings. The molecule has 5 nitrogen and oxygen atoms in total. The van der Waals surface area contributed by atoms with Gasteiger partial charge < -0.3 is 4.98 Å². The van der Waals surface area contributed by atoms with Crippen molar-refractivity contribution >= 4 is 22.9 Å². The van der Waals surface area contributed by atoms with E-state index in [0.29, 0.717) is 16.8 Å². The van der Waals surface area contributed by atoms with Crippen molar-refractivity contribution in [3.8, 4) is 11.3 Å². The molecule has 0 saturated heterocycles. The van der Waals surface area contributed by atoms with Gasteiger partial charge in [0.05, 0.1) is 16.2 Å². The van der Waals surface area contributed by atoms with Crippen molar-refractivity contribution in [2.45, 2.75) is 13.8 Å². The monoisotopic (exact) mass is 294 g/mol. The SMILES string of the molecule is Cc1ccc(C)c2c(C=O)c(-c3ccccc3[N+](=O)[O-])[nH]c12. The number of hydrogen-bond acceptors (Lipinski definition) is 3. The molecule has 1 heterocycles. The average Bonchev–Trinajstić information content (AvgIpc) is 2.91. The number of aromatic nitrogens is 1. The maximum absolute atomic E-state index is 11.6. The number of nitro groups is 1. The Balaban J connectivity index is 2.43. The molecule has 110 valence electrons. The molecule has 2 aromatic carbocycles. The predicted octanol–water partition coefficient (Wildman–Crippen LogP) is 4.17. The number of aldehydes is 1. The van der Waals surface area contributed by atoms with Crippen LogP contribution in [0.4, 0.5) is 5.69 Å².